The van der Waals surface area contributed by atoms with Crippen molar-refractivity contribution in [2.75, 3.05) is 0 Å². The number of esters is 3. The van der Waals surface area contributed by atoms with Crippen LogP contribution in [0.1, 0.15) is 66.4 Å². The highest BCUT2D eigenvalue weighted by molar-refractivity contribution is 5.87. The van der Waals surface area contributed by atoms with Gasteiger partial charge < -0.3 is 29.2 Å². The predicted molar refractivity (Wildman–Crippen MR) is 152 cm³/mol. The fourth-order valence-corrected chi connectivity index (χ4v) is 8.49. The number of ether oxygens (including phenoxy) is 4. The standard InChI is InChI=1S/C33H42O9/c1-18-24(41-25(36)14-13-22-11-9-8-10-12-22)15-16-31(7)26(18)27(39-20(3)34)23-17-32(37)19(2)33(38,30(23,5)6)29(28(31)42-32)40-21(4)35/h8-14,19,23-24,26-29,37-38H,1,15-17H2,2-7H3. The third kappa shape index (κ3) is 4.52. The molecule has 228 valence electrons. The molecule has 9 nitrogen and oxygen atoms in total. The van der Waals surface area contributed by atoms with Gasteiger partial charge in [-0.05, 0) is 30.1 Å². The average molecular weight is 583 g/mol. The Morgan fingerprint density at radius 1 is 1.02 bits per heavy atom. The molecule has 1 aromatic carbocycles. The van der Waals surface area contributed by atoms with Crippen molar-refractivity contribution in [2.45, 2.75) is 96.6 Å². The molecule has 0 spiro atoms. The van der Waals surface area contributed by atoms with Gasteiger partial charge in [-0.2, -0.15) is 0 Å². The molecule has 5 aliphatic rings. The van der Waals surface area contributed by atoms with Gasteiger partial charge in [-0.15, -0.1) is 0 Å². The molecule has 6 rings (SSSR count). The van der Waals surface area contributed by atoms with Gasteiger partial charge in [0, 0.05) is 54.9 Å². The van der Waals surface area contributed by atoms with E-state index >= 15 is 0 Å². The third-order valence-electron chi connectivity index (χ3n) is 10.8. The van der Waals surface area contributed by atoms with Crippen LogP contribution in [-0.4, -0.2) is 63.9 Å². The maximum Gasteiger partial charge on any atom is 0.331 e. The largest absolute Gasteiger partial charge is 0.462 e. The zero-order valence-electron chi connectivity index (χ0n) is 25.2. The number of rotatable bonds is 5. The molecule has 9 heteroatoms. The Hall–Kier alpha value is -3.01. The Bertz CT molecular complexity index is 1300. The molecule has 10 atom stereocenters. The summed E-state index contributed by atoms with van der Waals surface area (Å²) in [7, 11) is 0. The van der Waals surface area contributed by atoms with Crippen LogP contribution in [0.15, 0.2) is 48.6 Å². The van der Waals surface area contributed by atoms with E-state index in [1.54, 1.807) is 13.0 Å². The molecule has 2 heterocycles. The number of aliphatic hydroxyl groups is 2. The van der Waals surface area contributed by atoms with Gasteiger partial charge in [-0.3, -0.25) is 9.59 Å². The van der Waals surface area contributed by atoms with E-state index < -0.39 is 82.3 Å². The lowest BCUT2D eigenvalue weighted by Gasteiger charge is -2.72. The fourth-order valence-electron chi connectivity index (χ4n) is 8.49. The summed E-state index contributed by atoms with van der Waals surface area (Å²) < 4.78 is 24.4. The van der Waals surface area contributed by atoms with Crippen LogP contribution < -0.4 is 0 Å². The van der Waals surface area contributed by atoms with E-state index in [0.29, 0.717) is 18.4 Å². The van der Waals surface area contributed by atoms with E-state index in [4.69, 9.17) is 18.9 Å². The van der Waals surface area contributed by atoms with Crippen molar-refractivity contribution in [2.24, 2.45) is 28.6 Å². The van der Waals surface area contributed by atoms with Crippen molar-refractivity contribution in [3.05, 3.63) is 54.1 Å². The molecule has 0 amide bonds. The lowest BCUT2D eigenvalue weighted by Crippen LogP contribution is -2.83. The molecule has 42 heavy (non-hydrogen) atoms. The van der Waals surface area contributed by atoms with Gasteiger partial charge in [0.25, 0.3) is 0 Å². The Morgan fingerprint density at radius 2 is 1.67 bits per heavy atom. The number of hydrogen-bond donors (Lipinski definition) is 2. The van der Waals surface area contributed by atoms with Gasteiger partial charge >= 0.3 is 17.9 Å². The highest BCUT2D eigenvalue weighted by Gasteiger charge is 2.78. The van der Waals surface area contributed by atoms with Crippen molar-refractivity contribution in [1.29, 1.82) is 0 Å². The molecular weight excluding hydrogens is 540 g/mol. The lowest BCUT2D eigenvalue weighted by atomic mass is 9.42. The monoisotopic (exact) mass is 582 g/mol. The topological polar surface area (TPSA) is 129 Å². The first-order valence-corrected chi connectivity index (χ1v) is 14.7. The summed E-state index contributed by atoms with van der Waals surface area (Å²) in [6.07, 6.45) is 0.300. The minimum absolute atomic E-state index is 0.0782. The smallest absolute Gasteiger partial charge is 0.331 e. The van der Waals surface area contributed by atoms with E-state index in [1.165, 1.54) is 19.9 Å². The van der Waals surface area contributed by atoms with Crippen LogP contribution in [0.3, 0.4) is 0 Å². The molecule has 1 aromatic rings. The molecule has 5 fully saturated rings. The van der Waals surface area contributed by atoms with Crippen LogP contribution >= 0.6 is 0 Å². The second kappa shape index (κ2) is 10.3. The second-order valence-corrected chi connectivity index (χ2v) is 13.3. The number of benzene rings is 1. The van der Waals surface area contributed by atoms with E-state index in [-0.39, 0.29) is 6.42 Å². The first kappa shape index (κ1) is 30.4. The van der Waals surface area contributed by atoms with Crippen LogP contribution in [0.5, 0.6) is 0 Å². The Labute approximate surface area is 246 Å². The number of hydrogen-bond acceptors (Lipinski definition) is 9. The average Bonchev–Trinajstić information content (AvgIpc) is 2.91. The highest BCUT2D eigenvalue weighted by Crippen LogP contribution is 2.68. The molecule has 2 aliphatic heterocycles. The van der Waals surface area contributed by atoms with Crippen LogP contribution in [0.4, 0.5) is 0 Å². The maximum atomic E-state index is 12.9. The van der Waals surface area contributed by atoms with E-state index in [1.807, 2.05) is 51.1 Å². The van der Waals surface area contributed by atoms with Crippen molar-refractivity contribution in [3.63, 3.8) is 0 Å². The summed E-state index contributed by atoms with van der Waals surface area (Å²) >= 11 is 0. The molecule has 10 unspecified atom stereocenters. The number of carbonyl (C=O) groups excluding carboxylic acids is 3. The summed E-state index contributed by atoms with van der Waals surface area (Å²) in [4.78, 5) is 38.0. The van der Waals surface area contributed by atoms with Gasteiger partial charge in [-0.1, -0.05) is 64.6 Å². The zero-order valence-corrected chi connectivity index (χ0v) is 25.2. The van der Waals surface area contributed by atoms with Crippen molar-refractivity contribution in [3.8, 4) is 0 Å². The van der Waals surface area contributed by atoms with Crippen molar-refractivity contribution in [1.82, 2.24) is 0 Å². The van der Waals surface area contributed by atoms with Crippen LogP contribution in [0, 0.1) is 28.6 Å². The van der Waals surface area contributed by atoms with E-state index in [9.17, 15) is 24.6 Å². The van der Waals surface area contributed by atoms with Crippen LogP contribution in [0.25, 0.3) is 6.08 Å². The Morgan fingerprint density at radius 3 is 2.29 bits per heavy atom. The lowest BCUT2D eigenvalue weighted by molar-refractivity contribution is -0.437. The molecule has 0 aromatic heterocycles. The molecular formula is C33H42O9. The molecule has 0 radical (unpaired) electrons. The van der Waals surface area contributed by atoms with E-state index in [2.05, 4.69) is 6.58 Å². The summed E-state index contributed by atoms with van der Waals surface area (Å²) in [6.45, 7) is 14.3. The zero-order chi connectivity index (χ0) is 30.8. The summed E-state index contributed by atoms with van der Waals surface area (Å²) in [5.41, 5.74) is -2.23. The Kier molecular flexibility index (Phi) is 7.48. The van der Waals surface area contributed by atoms with Gasteiger partial charge in [0.1, 0.15) is 23.9 Å². The van der Waals surface area contributed by atoms with Crippen molar-refractivity contribution < 1.29 is 43.5 Å². The summed E-state index contributed by atoms with van der Waals surface area (Å²) in [6, 6.07) is 9.39. The quantitative estimate of drug-likeness (QED) is 0.229. The van der Waals surface area contributed by atoms with Gasteiger partial charge in [0.15, 0.2) is 11.9 Å². The minimum Gasteiger partial charge on any atom is -0.462 e. The maximum absolute atomic E-state index is 12.9. The first-order chi connectivity index (χ1) is 19.6. The minimum atomic E-state index is -1.75. The third-order valence-corrected chi connectivity index (χ3v) is 10.8. The van der Waals surface area contributed by atoms with Gasteiger partial charge in [0.2, 0.25) is 0 Å². The molecule has 3 saturated carbocycles. The Balaban J connectivity index is 1.58. The SMILES string of the molecule is C=C1C(OC(=O)C=Cc2ccccc2)CCC2(C)C3OC4(O)CC(C(OC(C)=O)C12)C(C)(C)C(O)(C3OC(C)=O)C4C. The van der Waals surface area contributed by atoms with E-state index in [0.717, 1.165) is 5.56 Å². The summed E-state index contributed by atoms with van der Waals surface area (Å²) in [5.74, 6) is -5.42. The first-order valence-electron chi connectivity index (χ1n) is 14.7. The predicted octanol–water partition coefficient (Wildman–Crippen LogP) is 3.96. The number of carbonyl (C=O) groups is 3. The summed E-state index contributed by atoms with van der Waals surface area (Å²) in [5, 5.41) is 24.5. The van der Waals surface area contributed by atoms with Gasteiger partial charge in [-0.25, -0.2) is 4.79 Å². The van der Waals surface area contributed by atoms with Crippen LogP contribution in [-0.2, 0) is 33.3 Å². The normalized spacial score (nSPS) is 41.9. The molecule has 2 N–H and O–H groups in total. The van der Waals surface area contributed by atoms with Crippen LogP contribution in [0.2, 0.25) is 0 Å². The highest BCUT2D eigenvalue weighted by atomic mass is 16.7. The second-order valence-electron chi connectivity index (χ2n) is 13.3. The van der Waals surface area contributed by atoms with Gasteiger partial charge in [0.05, 0.1) is 0 Å². The van der Waals surface area contributed by atoms with Crippen molar-refractivity contribution >= 4 is 24.0 Å². The molecule has 4 bridgehead atoms. The molecule has 3 aliphatic carbocycles. The fraction of sp³-hybridized carbons (Fsp3) is 0.606. The molecule has 2 saturated heterocycles.